The van der Waals surface area contributed by atoms with Crippen molar-refractivity contribution in [3.05, 3.63) is 0 Å². The van der Waals surface area contributed by atoms with Gasteiger partial charge in [-0.1, -0.05) is 0 Å². The lowest BCUT2D eigenvalue weighted by Gasteiger charge is -2.17. The Bertz CT molecular complexity index is 384. The molecule has 0 spiro atoms. The van der Waals surface area contributed by atoms with E-state index in [0.29, 0.717) is 19.5 Å². The van der Waals surface area contributed by atoms with Crippen LogP contribution in [-0.4, -0.2) is 63.6 Å². The van der Waals surface area contributed by atoms with Crippen molar-refractivity contribution in [3.8, 4) is 0 Å². The molecule has 1 unspecified atom stereocenters. The van der Waals surface area contributed by atoms with Gasteiger partial charge in [0, 0.05) is 36.1 Å². The molecule has 1 heterocycles. The zero-order chi connectivity index (χ0) is 13.8. The molecule has 1 aliphatic heterocycles. The Hall–Kier alpha value is -0.330. The Morgan fingerprint density at radius 3 is 2.61 bits per heavy atom. The summed E-state index contributed by atoms with van der Waals surface area (Å²) in [6.07, 6.45) is 2.29. The molecule has 1 atom stereocenters. The molecule has 0 saturated carbocycles. The van der Waals surface area contributed by atoms with E-state index in [0.717, 1.165) is 19.4 Å². The van der Waals surface area contributed by atoms with Crippen molar-refractivity contribution in [2.45, 2.75) is 19.3 Å². The van der Waals surface area contributed by atoms with E-state index < -0.39 is 9.05 Å². The number of carbonyl (C=O) groups is 1. The van der Waals surface area contributed by atoms with Gasteiger partial charge >= 0.3 is 0 Å². The van der Waals surface area contributed by atoms with Gasteiger partial charge < -0.3 is 9.80 Å². The highest BCUT2D eigenvalue weighted by atomic mass is 35.7. The Morgan fingerprint density at radius 1 is 1.39 bits per heavy atom. The minimum absolute atomic E-state index is 0.0465. The maximum Gasteiger partial charge on any atom is 0.232 e. The van der Waals surface area contributed by atoms with E-state index in [-0.39, 0.29) is 17.6 Å². The molecule has 7 heteroatoms. The van der Waals surface area contributed by atoms with Crippen LogP contribution >= 0.6 is 10.7 Å². The summed E-state index contributed by atoms with van der Waals surface area (Å²) in [6, 6.07) is 0. The third-order valence-corrected chi connectivity index (χ3v) is 4.26. The number of rotatable bonds is 7. The monoisotopic (exact) mass is 296 g/mol. The van der Waals surface area contributed by atoms with Gasteiger partial charge in [0.15, 0.2) is 0 Å². The molecular weight excluding hydrogens is 276 g/mol. The molecular formula is C11H21ClN2O3S. The fourth-order valence-electron chi connectivity index (χ4n) is 2.19. The molecule has 1 aliphatic rings. The van der Waals surface area contributed by atoms with Gasteiger partial charge in [0.05, 0.1) is 5.75 Å². The zero-order valence-electron chi connectivity index (χ0n) is 10.9. The van der Waals surface area contributed by atoms with Crippen LogP contribution in [0, 0.1) is 5.92 Å². The number of hydrogen-bond donors (Lipinski definition) is 0. The Morgan fingerprint density at radius 2 is 2.06 bits per heavy atom. The van der Waals surface area contributed by atoms with Crippen molar-refractivity contribution < 1.29 is 13.2 Å². The molecule has 0 aliphatic carbocycles. The summed E-state index contributed by atoms with van der Waals surface area (Å²) in [6.45, 7) is 2.24. The molecule has 106 valence electrons. The van der Waals surface area contributed by atoms with Crippen molar-refractivity contribution >= 4 is 25.6 Å². The zero-order valence-corrected chi connectivity index (χ0v) is 12.5. The third kappa shape index (κ3) is 6.02. The number of halogens is 1. The lowest BCUT2D eigenvalue weighted by Crippen LogP contribution is -2.27. The summed E-state index contributed by atoms with van der Waals surface area (Å²) in [5, 5.41) is 0. The van der Waals surface area contributed by atoms with Crippen LogP contribution in [0.25, 0.3) is 0 Å². The summed E-state index contributed by atoms with van der Waals surface area (Å²) in [7, 11) is 5.74. The fraction of sp³-hybridized carbons (Fsp3) is 0.909. The first-order valence-corrected chi connectivity index (χ1v) is 8.60. The van der Waals surface area contributed by atoms with Gasteiger partial charge in [-0.05, 0) is 33.5 Å². The predicted octanol–water partition coefficient (Wildman–Crippen LogP) is 0.745. The van der Waals surface area contributed by atoms with Gasteiger partial charge in [0.1, 0.15) is 0 Å². The SMILES string of the molecule is CN(C)CCCCN1CC(CS(=O)(=O)Cl)CC1=O. The average molecular weight is 297 g/mol. The Labute approximate surface area is 113 Å². The molecule has 0 aromatic rings. The average Bonchev–Trinajstić information content (AvgIpc) is 2.50. The highest BCUT2D eigenvalue weighted by molar-refractivity contribution is 8.13. The lowest BCUT2D eigenvalue weighted by molar-refractivity contribution is -0.127. The number of carbonyl (C=O) groups excluding carboxylic acids is 1. The number of hydrogen-bond acceptors (Lipinski definition) is 4. The third-order valence-electron chi connectivity index (χ3n) is 3.01. The van der Waals surface area contributed by atoms with E-state index in [9.17, 15) is 13.2 Å². The highest BCUT2D eigenvalue weighted by Crippen LogP contribution is 2.21. The van der Waals surface area contributed by atoms with E-state index >= 15 is 0 Å². The first-order valence-electron chi connectivity index (χ1n) is 6.13. The Kier molecular flexibility index (Phi) is 5.88. The second kappa shape index (κ2) is 6.73. The molecule has 0 radical (unpaired) electrons. The molecule has 1 saturated heterocycles. The van der Waals surface area contributed by atoms with Gasteiger partial charge in [0.25, 0.3) is 0 Å². The number of amides is 1. The lowest BCUT2D eigenvalue weighted by atomic mass is 10.1. The van der Waals surface area contributed by atoms with Crippen molar-refractivity contribution in [1.29, 1.82) is 0 Å². The highest BCUT2D eigenvalue weighted by Gasteiger charge is 2.31. The van der Waals surface area contributed by atoms with Gasteiger partial charge in [-0.15, -0.1) is 0 Å². The van der Waals surface area contributed by atoms with Crippen LogP contribution < -0.4 is 0 Å². The fourth-order valence-corrected chi connectivity index (χ4v) is 3.51. The molecule has 0 bridgehead atoms. The van der Waals surface area contributed by atoms with Crippen LogP contribution in [0.4, 0.5) is 0 Å². The second-order valence-corrected chi connectivity index (χ2v) is 7.95. The van der Waals surface area contributed by atoms with Gasteiger partial charge in [0.2, 0.25) is 15.0 Å². The smallest absolute Gasteiger partial charge is 0.232 e. The number of unbranched alkanes of at least 4 members (excludes halogenated alkanes) is 1. The van der Waals surface area contributed by atoms with Crippen LogP contribution in [0.1, 0.15) is 19.3 Å². The molecule has 18 heavy (non-hydrogen) atoms. The predicted molar refractivity (Wildman–Crippen MR) is 72.1 cm³/mol. The molecule has 0 aromatic carbocycles. The Balaban J connectivity index is 2.29. The summed E-state index contributed by atoms with van der Waals surface area (Å²) in [5.41, 5.74) is 0. The van der Waals surface area contributed by atoms with Crippen molar-refractivity contribution in [2.24, 2.45) is 5.92 Å². The second-order valence-electron chi connectivity index (χ2n) is 5.13. The quantitative estimate of drug-likeness (QED) is 0.514. The van der Waals surface area contributed by atoms with E-state index in [1.807, 2.05) is 14.1 Å². The first kappa shape index (κ1) is 15.7. The normalized spacial score (nSPS) is 21.0. The van der Waals surface area contributed by atoms with Crippen LogP contribution in [0.2, 0.25) is 0 Å². The van der Waals surface area contributed by atoms with E-state index in [1.165, 1.54) is 0 Å². The standard InChI is InChI=1S/C11H21ClN2O3S/c1-13(2)5-3-4-6-14-8-10(7-11(14)15)9-18(12,16)17/h10H,3-9H2,1-2H3. The first-order chi connectivity index (χ1) is 8.28. The van der Waals surface area contributed by atoms with Gasteiger partial charge in [-0.2, -0.15) is 0 Å². The van der Waals surface area contributed by atoms with Crippen molar-refractivity contribution in [2.75, 3.05) is 39.5 Å². The molecule has 5 nitrogen and oxygen atoms in total. The summed E-state index contributed by atoms with van der Waals surface area (Å²) in [5.74, 6) is -0.201. The molecule has 0 aromatic heterocycles. The summed E-state index contributed by atoms with van der Waals surface area (Å²) < 4.78 is 21.9. The summed E-state index contributed by atoms with van der Waals surface area (Å²) in [4.78, 5) is 15.5. The van der Waals surface area contributed by atoms with Crippen molar-refractivity contribution in [3.63, 3.8) is 0 Å². The minimum Gasteiger partial charge on any atom is -0.342 e. The topological polar surface area (TPSA) is 57.7 Å². The van der Waals surface area contributed by atoms with Gasteiger partial charge in [-0.25, -0.2) is 8.42 Å². The number of nitrogens with zero attached hydrogens (tertiary/aromatic N) is 2. The van der Waals surface area contributed by atoms with E-state index in [1.54, 1.807) is 4.90 Å². The van der Waals surface area contributed by atoms with Crippen LogP contribution in [0.5, 0.6) is 0 Å². The van der Waals surface area contributed by atoms with E-state index in [4.69, 9.17) is 10.7 Å². The molecule has 0 N–H and O–H groups in total. The van der Waals surface area contributed by atoms with Crippen LogP contribution in [-0.2, 0) is 13.8 Å². The summed E-state index contributed by atoms with van der Waals surface area (Å²) >= 11 is 0. The molecule has 1 fully saturated rings. The maximum atomic E-state index is 11.7. The minimum atomic E-state index is -3.50. The van der Waals surface area contributed by atoms with Gasteiger partial charge in [-0.3, -0.25) is 4.79 Å². The van der Waals surface area contributed by atoms with Crippen LogP contribution in [0.3, 0.4) is 0 Å². The number of likely N-dealkylation sites (tertiary alicyclic amines) is 1. The molecule has 1 rings (SSSR count). The largest absolute Gasteiger partial charge is 0.342 e. The van der Waals surface area contributed by atoms with Crippen molar-refractivity contribution in [1.82, 2.24) is 9.80 Å². The molecule has 1 amide bonds. The van der Waals surface area contributed by atoms with E-state index in [2.05, 4.69) is 4.90 Å². The van der Waals surface area contributed by atoms with Crippen LogP contribution in [0.15, 0.2) is 0 Å². The maximum absolute atomic E-state index is 11.7.